The standard InChI is InChI=1S/C11H11BrO/c1-2-5-9-6-3-4-7-10(9)11(13)8-12/h2-4,6-7H,1,5,8H2. The van der Waals surface area contributed by atoms with Crippen LogP contribution in [0.25, 0.3) is 0 Å². The first-order valence-electron chi connectivity index (χ1n) is 4.07. The van der Waals surface area contributed by atoms with Gasteiger partial charge in [0.1, 0.15) is 0 Å². The van der Waals surface area contributed by atoms with Gasteiger partial charge in [-0.15, -0.1) is 6.58 Å². The van der Waals surface area contributed by atoms with Gasteiger partial charge in [0.25, 0.3) is 0 Å². The summed E-state index contributed by atoms with van der Waals surface area (Å²) in [5.74, 6) is 0.123. The van der Waals surface area contributed by atoms with Gasteiger partial charge in [-0.3, -0.25) is 4.79 Å². The number of ketones is 1. The first kappa shape index (κ1) is 10.2. The average molecular weight is 239 g/mol. The SMILES string of the molecule is C=CCc1ccccc1C(=O)CBr. The monoisotopic (exact) mass is 238 g/mol. The summed E-state index contributed by atoms with van der Waals surface area (Å²) < 4.78 is 0. The molecule has 0 atom stereocenters. The van der Waals surface area contributed by atoms with Crippen LogP contribution in [0.1, 0.15) is 15.9 Å². The first-order valence-corrected chi connectivity index (χ1v) is 5.19. The highest BCUT2D eigenvalue weighted by atomic mass is 79.9. The van der Waals surface area contributed by atoms with Gasteiger partial charge in [0, 0.05) is 5.56 Å². The number of hydrogen-bond donors (Lipinski definition) is 0. The molecule has 0 aliphatic carbocycles. The molecular weight excluding hydrogens is 228 g/mol. The maximum atomic E-state index is 11.4. The summed E-state index contributed by atoms with van der Waals surface area (Å²) in [5, 5.41) is 0.376. The summed E-state index contributed by atoms with van der Waals surface area (Å²) in [7, 11) is 0. The van der Waals surface area contributed by atoms with Crippen molar-refractivity contribution in [2.75, 3.05) is 5.33 Å². The van der Waals surface area contributed by atoms with Crippen molar-refractivity contribution < 1.29 is 4.79 Å². The minimum Gasteiger partial charge on any atom is -0.293 e. The number of rotatable bonds is 4. The predicted octanol–water partition coefficient (Wildman–Crippen LogP) is 2.99. The van der Waals surface area contributed by atoms with Gasteiger partial charge in [-0.2, -0.15) is 0 Å². The molecule has 0 radical (unpaired) electrons. The molecule has 0 spiro atoms. The van der Waals surface area contributed by atoms with E-state index in [1.165, 1.54) is 0 Å². The van der Waals surface area contributed by atoms with Crippen LogP contribution in [0.15, 0.2) is 36.9 Å². The van der Waals surface area contributed by atoms with E-state index in [-0.39, 0.29) is 5.78 Å². The van der Waals surface area contributed by atoms with Crippen LogP contribution in [-0.4, -0.2) is 11.1 Å². The second kappa shape index (κ2) is 4.97. The van der Waals surface area contributed by atoms with E-state index in [9.17, 15) is 4.79 Å². The van der Waals surface area contributed by atoms with E-state index in [2.05, 4.69) is 22.5 Å². The Balaban J connectivity index is 3.03. The van der Waals surface area contributed by atoms with E-state index < -0.39 is 0 Å². The van der Waals surface area contributed by atoms with Gasteiger partial charge in [-0.05, 0) is 12.0 Å². The Labute approximate surface area is 86.6 Å². The fourth-order valence-corrected chi connectivity index (χ4v) is 1.50. The molecule has 1 rings (SSSR count). The molecule has 0 heterocycles. The predicted molar refractivity (Wildman–Crippen MR) is 58.5 cm³/mol. The third kappa shape index (κ3) is 2.52. The van der Waals surface area contributed by atoms with E-state index in [4.69, 9.17) is 0 Å². The maximum Gasteiger partial charge on any atom is 0.173 e. The molecule has 0 amide bonds. The molecule has 0 saturated heterocycles. The lowest BCUT2D eigenvalue weighted by Crippen LogP contribution is -2.03. The molecule has 0 bridgehead atoms. The highest BCUT2D eigenvalue weighted by Crippen LogP contribution is 2.11. The van der Waals surface area contributed by atoms with E-state index in [1.54, 1.807) is 6.08 Å². The number of carbonyl (C=O) groups is 1. The van der Waals surface area contributed by atoms with Gasteiger partial charge in [0.2, 0.25) is 0 Å². The minimum absolute atomic E-state index is 0.123. The molecule has 1 aromatic rings. The van der Waals surface area contributed by atoms with E-state index in [1.807, 2.05) is 24.3 Å². The lowest BCUT2D eigenvalue weighted by Gasteiger charge is -2.03. The topological polar surface area (TPSA) is 17.1 Å². The van der Waals surface area contributed by atoms with Crippen molar-refractivity contribution in [2.24, 2.45) is 0 Å². The Kier molecular flexibility index (Phi) is 3.90. The zero-order valence-corrected chi connectivity index (χ0v) is 8.88. The summed E-state index contributed by atoms with van der Waals surface area (Å²) in [6.07, 6.45) is 2.55. The Morgan fingerprint density at radius 3 is 2.77 bits per heavy atom. The van der Waals surface area contributed by atoms with E-state index >= 15 is 0 Å². The van der Waals surface area contributed by atoms with Gasteiger partial charge in [-0.1, -0.05) is 46.3 Å². The summed E-state index contributed by atoms with van der Waals surface area (Å²) >= 11 is 3.16. The van der Waals surface area contributed by atoms with Crippen LogP contribution in [0.5, 0.6) is 0 Å². The highest BCUT2D eigenvalue weighted by molar-refractivity contribution is 9.09. The number of halogens is 1. The molecule has 0 saturated carbocycles. The summed E-state index contributed by atoms with van der Waals surface area (Å²) in [5.41, 5.74) is 1.83. The molecule has 0 fully saturated rings. The minimum atomic E-state index is 0.123. The quantitative estimate of drug-likeness (QED) is 0.448. The number of alkyl halides is 1. The zero-order chi connectivity index (χ0) is 9.68. The van der Waals surface area contributed by atoms with Crippen LogP contribution in [0.4, 0.5) is 0 Å². The maximum absolute atomic E-state index is 11.4. The third-order valence-electron chi connectivity index (χ3n) is 1.80. The van der Waals surface area contributed by atoms with Gasteiger partial charge in [0.05, 0.1) is 5.33 Å². The third-order valence-corrected chi connectivity index (χ3v) is 2.31. The number of Topliss-reactive ketones (excluding diaryl/α,β-unsaturated/α-hetero) is 1. The zero-order valence-electron chi connectivity index (χ0n) is 7.29. The van der Waals surface area contributed by atoms with E-state index in [0.717, 1.165) is 17.5 Å². The molecule has 0 unspecified atom stereocenters. The molecule has 0 N–H and O–H groups in total. The fourth-order valence-electron chi connectivity index (χ4n) is 1.20. The highest BCUT2D eigenvalue weighted by Gasteiger charge is 2.07. The number of benzene rings is 1. The molecule has 0 aliphatic heterocycles. The lowest BCUT2D eigenvalue weighted by atomic mass is 10.0. The number of carbonyl (C=O) groups excluding carboxylic acids is 1. The Hall–Kier alpha value is -0.890. The van der Waals surface area contributed by atoms with Gasteiger partial charge < -0.3 is 0 Å². The second-order valence-electron chi connectivity index (χ2n) is 2.71. The molecular formula is C11H11BrO. The Morgan fingerprint density at radius 2 is 2.15 bits per heavy atom. The molecule has 2 heteroatoms. The normalized spacial score (nSPS) is 9.62. The largest absolute Gasteiger partial charge is 0.293 e. The molecule has 0 aromatic heterocycles. The van der Waals surface area contributed by atoms with Gasteiger partial charge in [0.15, 0.2) is 5.78 Å². The van der Waals surface area contributed by atoms with Crippen LogP contribution < -0.4 is 0 Å². The van der Waals surface area contributed by atoms with E-state index in [0.29, 0.717) is 5.33 Å². The van der Waals surface area contributed by atoms with Crippen LogP contribution in [0.3, 0.4) is 0 Å². The van der Waals surface area contributed by atoms with Crippen LogP contribution in [0, 0.1) is 0 Å². The second-order valence-corrected chi connectivity index (χ2v) is 3.27. The Bertz CT molecular complexity index is 318. The summed E-state index contributed by atoms with van der Waals surface area (Å²) in [6.45, 7) is 3.66. The van der Waals surface area contributed by atoms with Gasteiger partial charge in [-0.25, -0.2) is 0 Å². The van der Waals surface area contributed by atoms with Crippen molar-refractivity contribution in [3.8, 4) is 0 Å². The smallest absolute Gasteiger partial charge is 0.173 e. The van der Waals surface area contributed by atoms with Crippen molar-refractivity contribution in [3.05, 3.63) is 48.0 Å². The van der Waals surface area contributed by atoms with Crippen LogP contribution in [0.2, 0.25) is 0 Å². The molecule has 13 heavy (non-hydrogen) atoms. The average Bonchev–Trinajstić information content (AvgIpc) is 2.18. The number of allylic oxidation sites excluding steroid dienone is 1. The fraction of sp³-hybridized carbons (Fsp3) is 0.182. The van der Waals surface area contributed by atoms with Crippen molar-refractivity contribution in [1.29, 1.82) is 0 Å². The first-order chi connectivity index (χ1) is 6.29. The lowest BCUT2D eigenvalue weighted by molar-refractivity contribution is 0.102. The van der Waals surface area contributed by atoms with Crippen molar-refractivity contribution in [1.82, 2.24) is 0 Å². The summed E-state index contributed by atoms with van der Waals surface area (Å²) in [4.78, 5) is 11.4. The van der Waals surface area contributed by atoms with Crippen molar-refractivity contribution in [2.45, 2.75) is 6.42 Å². The molecule has 0 aliphatic rings. The van der Waals surface area contributed by atoms with Gasteiger partial charge >= 0.3 is 0 Å². The van der Waals surface area contributed by atoms with Crippen molar-refractivity contribution >= 4 is 21.7 Å². The summed E-state index contributed by atoms with van der Waals surface area (Å²) in [6, 6.07) is 7.62. The molecule has 1 aromatic carbocycles. The Morgan fingerprint density at radius 1 is 1.46 bits per heavy atom. The molecule has 68 valence electrons. The van der Waals surface area contributed by atoms with Crippen molar-refractivity contribution in [3.63, 3.8) is 0 Å². The molecule has 1 nitrogen and oxygen atoms in total. The number of hydrogen-bond acceptors (Lipinski definition) is 1. The van der Waals surface area contributed by atoms with Crippen LogP contribution >= 0.6 is 15.9 Å². The van der Waals surface area contributed by atoms with Crippen LogP contribution in [-0.2, 0) is 6.42 Å².